The van der Waals surface area contributed by atoms with Crippen LogP contribution in [0.3, 0.4) is 0 Å². The van der Waals surface area contributed by atoms with Gasteiger partial charge in [0.15, 0.2) is 0 Å². The van der Waals surface area contributed by atoms with Gasteiger partial charge < -0.3 is 5.32 Å². The first-order valence-electron chi connectivity index (χ1n) is 5.63. The number of thiophene rings is 1. The molecule has 0 aliphatic carbocycles. The van der Waals surface area contributed by atoms with Crippen LogP contribution < -0.4 is 5.32 Å². The molecular weight excluding hydrogens is 294 g/mol. The Morgan fingerprint density at radius 3 is 2.65 bits per heavy atom. The Hall–Kier alpha value is -0.800. The van der Waals surface area contributed by atoms with Crippen molar-refractivity contribution in [3.8, 4) is 0 Å². The molecule has 3 heteroatoms. The van der Waals surface area contributed by atoms with Crippen molar-refractivity contribution in [1.29, 1.82) is 0 Å². The Labute approximate surface area is 115 Å². The highest BCUT2D eigenvalue weighted by atomic mass is 79.9. The van der Waals surface area contributed by atoms with Crippen molar-refractivity contribution in [1.82, 2.24) is 0 Å². The molecule has 1 nitrogen and oxygen atoms in total. The summed E-state index contributed by atoms with van der Waals surface area (Å²) in [6.45, 7) is 6.44. The van der Waals surface area contributed by atoms with E-state index in [-0.39, 0.29) is 0 Å². The van der Waals surface area contributed by atoms with Crippen molar-refractivity contribution >= 4 is 33.0 Å². The van der Waals surface area contributed by atoms with E-state index in [0.29, 0.717) is 6.04 Å². The maximum absolute atomic E-state index is 3.63. The van der Waals surface area contributed by atoms with Crippen LogP contribution in [-0.4, -0.2) is 0 Å². The first-order chi connectivity index (χ1) is 8.08. The Morgan fingerprint density at radius 1 is 1.29 bits per heavy atom. The van der Waals surface area contributed by atoms with E-state index in [4.69, 9.17) is 0 Å². The fraction of sp³-hybridized carbons (Fsp3) is 0.286. The first kappa shape index (κ1) is 12.7. The van der Waals surface area contributed by atoms with Crippen molar-refractivity contribution in [3.63, 3.8) is 0 Å². The molecule has 2 rings (SSSR count). The fourth-order valence-electron chi connectivity index (χ4n) is 1.92. The molecule has 1 N–H and O–H groups in total. The number of benzene rings is 1. The van der Waals surface area contributed by atoms with Gasteiger partial charge in [-0.05, 0) is 76.3 Å². The summed E-state index contributed by atoms with van der Waals surface area (Å²) in [7, 11) is 0. The maximum atomic E-state index is 3.63. The van der Waals surface area contributed by atoms with Crippen molar-refractivity contribution in [2.75, 3.05) is 5.32 Å². The molecule has 1 unspecified atom stereocenters. The Balaban J connectivity index is 2.25. The average molecular weight is 310 g/mol. The van der Waals surface area contributed by atoms with Crippen LogP contribution in [0, 0.1) is 13.8 Å². The molecule has 1 heterocycles. The molecule has 0 aliphatic heterocycles. The average Bonchev–Trinajstić information content (AvgIpc) is 2.76. The predicted molar refractivity (Wildman–Crippen MR) is 80.0 cm³/mol. The lowest BCUT2D eigenvalue weighted by atomic mass is 10.1. The Morgan fingerprint density at radius 2 is 2.06 bits per heavy atom. The lowest BCUT2D eigenvalue weighted by Crippen LogP contribution is -2.07. The van der Waals surface area contributed by atoms with Crippen molar-refractivity contribution in [3.05, 3.63) is 50.1 Å². The summed E-state index contributed by atoms with van der Waals surface area (Å²) in [6, 6.07) is 6.85. The van der Waals surface area contributed by atoms with E-state index in [1.807, 2.05) is 0 Å². The van der Waals surface area contributed by atoms with Crippen LogP contribution in [0.15, 0.2) is 33.4 Å². The zero-order valence-electron chi connectivity index (χ0n) is 10.3. The summed E-state index contributed by atoms with van der Waals surface area (Å²) in [5, 5.41) is 7.87. The van der Waals surface area contributed by atoms with Gasteiger partial charge in [0, 0.05) is 10.5 Å². The highest BCUT2D eigenvalue weighted by Gasteiger charge is 2.10. The minimum Gasteiger partial charge on any atom is -0.377 e. The number of hydrogen-bond acceptors (Lipinski definition) is 2. The van der Waals surface area contributed by atoms with Gasteiger partial charge in [-0.15, -0.1) is 0 Å². The molecule has 1 aromatic heterocycles. The minimum absolute atomic E-state index is 0.332. The summed E-state index contributed by atoms with van der Waals surface area (Å²) in [6.07, 6.45) is 0. The normalized spacial score (nSPS) is 12.5. The zero-order chi connectivity index (χ0) is 12.4. The molecule has 1 atom stereocenters. The summed E-state index contributed by atoms with van der Waals surface area (Å²) in [4.78, 5) is 0. The monoisotopic (exact) mass is 309 g/mol. The second-order valence-corrected chi connectivity index (χ2v) is 6.00. The largest absolute Gasteiger partial charge is 0.377 e. The van der Waals surface area contributed by atoms with Gasteiger partial charge >= 0.3 is 0 Å². The second kappa shape index (κ2) is 5.23. The molecule has 90 valence electrons. The third kappa shape index (κ3) is 2.90. The lowest BCUT2D eigenvalue weighted by Gasteiger charge is -2.18. The van der Waals surface area contributed by atoms with Gasteiger partial charge in [-0.1, -0.05) is 6.07 Å². The highest BCUT2D eigenvalue weighted by molar-refractivity contribution is 9.10. The van der Waals surface area contributed by atoms with E-state index in [1.54, 1.807) is 11.3 Å². The molecule has 0 radical (unpaired) electrons. The van der Waals surface area contributed by atoms with Crippen LogP contribution in [0.2, 0.25) is 0 Å². The second-order valence-electron chi connectivity index (χ2n) is 4.36. The maximum Gasteiger partial charge on any atom is 0.0519 e. The number of hydrogen-bond donors (Lipinski definition) is 1. The molecule has 0 bridgehead atoms. The molecule has 1 aromatic carbocycles. The molecule has 0 saturated heterocycles. The van der Waals surface area contributed by atoms with Crippen molar-refractivity contribution in [2.24, 2.45) is 0 Å². The standard InChI is InChI=1S/C14H16BrNS/c1-9-6-10(2)14(13(15)7-9)16-11(3)12-4-5-17-8-12/h4-8,11,16H,1-3H3. The minimum atomic E-state index is 0.332. The van der Waals surface area contributed by atoms with Crippen molar-refractivity contribution in [2.45, 2.75) is 26.8 Å². The van der Waals surface area contributed by atoms with Gasteiger partial charge in [0.25, 0.3) is 0 Å². The molecular formula is C14H16BrNS. The lowest BCUT2D eigenvalue weighted by molar-refractivity contribution is 0.886. The predicted octanol–water partition coefficient (Wildman–Crippen LogP) is 5.30. The van der Waals surface area contributed by atoms with Gasteiger partial charge in [-0.3, -0.25) is 0 Å². The highest BCUT2D eigenvalue weighted by Crippen LogP contribution is 2.31. The third-order valence-electron chi connectivity index (χ3n) is 2.84. The van der Waals surface area contributed by atoms with E-state index in [0.717, 1.165) is 4.47 Å². The Bertz CT molecular complexity index is 482. The van der Waals surface area contributed by atoms with Crippen LogP contribution in [0.4, 0.5) is 5.69 Å². The number of anilines is 1. The smallest absolute Gasteiger partial charge is 0.0519 e. The van der Waals surface area contributed by atoms with Gasteiger partial charge in [-0.2, -0.15) is 11.3 Å². The quantitative estimate of drug-likeness (QED) is 0.811. The summed E-state index contributed by atoms with van der Waals surface area (Å²) in [5.74, 6) is 0. The summed E-state index contributed by atoms with van der Waals surface area (Å²) < 4.78 is 1.14. The topological polar surface area (TPSA) is 12.0 Å². The zero-order valence-corrected chi connectivity index (χ0v) is 12.7. The third-order valence-corrected chi connectivity index (χ3v) is 4.16. The molecule has 0 spiro atoms. The number of rotatable bonds is 3. The van der Waals surface area contributed by atoms with Gasteiger partial charge in [0.1, 0.15) is 0 Å². The van der Waals surface area contributed by atoms with Crippen molar-refractivity contribution < 1.29 is 0 Å². The fourth-order valence-corrected chi connectivity index (χ4v) is 3.46. The number of nitrogens with one attached hydrogen (secondary N) is 1. The molecule has 0 saturated carbocycles. The van der Waals surface area contributed by atoms with E-state index in [1.165, 1.54) is 22.4 Å². The van der Waals surface area contributed by atoms with Crippen LogP contribution in [0.25, 0.3) is 0 Å². The van der Waals surface area contributed by atoms with Crippen LogP contribution in [0.1, 0.15) is 29.7 Å². The van der Waals surface area contributed by atoms with Gasteiger partial charge in [0.2, 0.25) is 0 Å². The molecule has 0 aliphatic rings. The number of halogens is 1. The summed E-state index contributed by atoms with van der Waals surface area (Å²) in [5.41, 5.74) is 5.08. The summed E-state index contributed by atoms with van der Waals surface area (Å²) >= 11 is 5.37. The SMILES string of the molecule is Cc1cc(C)c(NC(C)c2ccsc2)c(Br)c1. The van der Waals surface area contributed by atoms with E-state index in [9.17, 15) is 0 Å². The molecule has 0 fully saturated rings. The molecule has 0 amide bonds. The van der Waals surface area contributed by atoms with Crippen LogP contribution in [0.5, 0.6) is 0 Å². The van der Waals surface area contributed by atoms with Gasteiger partial charge in [0.05, 0.1) is 5.69 Å². The van der Waals surface area contributed by atoms with E-state index >= 15 is 0 Å². The molecule has 2 aromatic rings. The Kier molecular flexibility index (Phi) is 3.89. The van der Waals surface area contributed by atoms with Gasteiger partial charge in [-0.25, -0.2) is 0 Å². The first-order valence-corrected chi connectivity index (χ1v) is 7.37. The number of aryl methyl sites for hydroxylation is 2. The van der Waals surface area contributed by atoms with E-state index in [2.05, 4.69) is 71.0 Å². The van der Waals surface area contributed by atoms with Crippen LogP contribution in [-0.2, 0) is 0 Å². The van der Waals surface area contributed by atoms with E-state index < -0.39 is 0 Å². The molecule has 17 heavy (non-hydrogen) atoms. The van der Waals surface area contributed by atoms with Crippen LogP contribution >= 0.6 is 27.3 Å².